The third-order valence-electron chi connectivity index (χ3n) is 5.63. The molecule has 1 saturated heterocycles. The van der Waals surface area contributed by atoms with E-state index in [2.05, 4.69) is 23.1 Å². The first-order chi connectivity index (χ1) is 15.8. The van der Waals surface area contributed by atoms with Crippen molar-refractivity contribution >= 4 is 11.9 Å². The van der Waals surface area contributed by atoms with Gasteiger partial charge in [-0.1, -0.05) is 31.4 Å². The van der Waals surface area contributed by atoms with Gasteiger partial charge in [0.1, 0.15) is 23.3 Å². The van der Waals surface area contributed by atoms with Gasteiger partial charge in [0.15, 0.2) is 0 Å². The molecule has 3 heterocycles. The summed E-state index contributed by atoms with van der Waals surface area (Å²) < 4.78 is 48.5. The average Bonchev–Trinajstić information content (AvgIpc) is 3.09. The highest BCUT2D eigenvalue weighted by molar-refractivity contribution is 5.68. The average molecular weight is 480 g/mol. The summed E-state index contributed by atoms with van der Waals surface area (Å²) in [5.74, 6) is 0.695. The minimum Gasteiger partial charge on any atom is -0.444 e. The zero-order valence-electron chi connectivity index (χ0n) is 20.2. The van der Waals surface area contributed by atoms with Crippen molar-refractivity contribution in [2.24, 2.45) is 0 Å². The highest BCUT2D eigenvalue weighted by atomic mass is 19.4. The lowest BCUT2D eigenvalue weighted by Crippen LogP contribution is -2.50. The molecule has 0 radical (unpaired) electrons. The van der Waals surface area contributed by atoms with Crippen molar-refractivity contribution in [2.45, 2.75) is 52.1 Å². The third-order valence-corrected chi connectivity index (χ3v) is 5.63. The van der Waals surface area contributed by atoms with Crippen LogP contribution in [0.25, 0.3) is 0 Å². The van der Waals surface area contributed by atoms with Crippen LogP contribution in [0.2, 0.25) is 0 Å². The number of fused-ring (bicyclic) bond motifs is 1. The molecule has 1 unspecified atom stereocenters. The van der Waals surface area contributed by atoms with Crippen molar-refractivity contribution in [3.05, 3.63) is 54.0 Å². The molecule has 1 amide bonds. The Bertz CT molecular complexity index is 976. The van der Waals surface area contributed by atoms with Crippen molar-refractivity contribution in [3.63, 3.8) is 0 Å². The van der Waals surface area contributed by atoms with Gasteiger partial charge in [-0.3, -0.25) is 4.90 Å². The molecular weight excluding hydrogens is 447 g/mol. The van der Waals surface area contributed by atoms with E-state index in [1.807, 2.05) is 4.90 Å². The fraction of sp³-hybridized carbons (Fsp3) is 0.542. The highest BCUT2D eigenvalue weighted by Crippen LogP contribution is 2.47. The number of hydrogen-bond donors (Lipinski definition) is 0. The first-order valence-corrected chi connectivity index (χ1v) is 11.2. The highest BCUT2D eigenvalue weighted by Gasteiger charge is 2.52. The second-order valence-corrected chi connectivity index (χ2v) is 9.44. The number of nitrogens with zero attached hydrogens (tertiary/aromatic N) is 5. The predicted molar refractivity (Wildman–Crippen MR) is 124 cm³/mol. The van der Waals surface area contributed by atoms with E-state index >= 15 is 0 Å². The maximum atomic E-state index is 14.4. The topological polar surface area (TPSA) is 61.8 Å². The molecule has 0 spiro atoms. The molecule has 1 aromatic heterocycles. The number of amides is 1. The lowest BCUT2D eigenvalue weighted by molar-refractivity contribution is -0.182. The van der Waals surface area contributed by atoms with Crippen LogP contribution in [0.1, 0.15) is 43.9 Å². The third kappa shape index (κ3) is 5.78. The number of aromatic nitrogens is 2. The van der Waals surface area contributed by atoms with E-state index in [1.165, 1.54) is 17.1 Å². The van der Waals surface area contributed by atoms with Crippen molar-refractivity contribution in [1.82, 2.24) is 19.8 Å². The van der Waals surface area contributed by atoms with Crippen LogP contribution < -0.4 is 4.90 Å². The number of halogens is 3. The van der Waals surface area contributed by atoms with E-state index in [0.717, 1.165) is 0 Å². The van der Waals surface area contributed by atoms with Gasteiger partial charge >= 0.3 is 12.3 Å². The molecule has 0 N–H and O–H groups in total. The minimum absolute atomic E-state index is 0.0517. The van der Waals surface area contributed by atoms with Crippen molar-refractivity contribution in [3.8, 4) is 0 Å². The van der Waals surface area contributed by atoms with E-state index in [1.54, 1.807) is 38.7 Å². The quantitative estimate of drug-likeness (QED) is 0.577. The molecule has 2 aliphatic rings. The number of ether oxygens (including phenoxy) is 1. The Hall–Kier alpha value is -2.88. The van der Waals surface area contributed by atoms with Gasteiger partial charge in [-0.2, -0.15) is 13.2 Å². The molecule has 0 saturated carbocycles. The number of rotatable bonds is 5. The van der Waals surface area contributed by atoms with Crippen LogP contribution in [-0.2, 0) is 11.3 Å². The number of carbonyl (C=O) groups excluding carboxylic acids is 1. The lowest BCUT2D eigenvalue weighted by atomic mass is 10.1. The molecule has 1 fully saturated rings. The first kappa shape index (κ1) is 25.7. The molecule has 0 bridgehead atoms. The summed E-state index contributed by atoms with van der Waals surface area (Å²) in [7, 11) is 0. The van der Waals surface area contributed by atoms with Gasteiger partial charge < -0.3 is 14.5 Å². The number of alkyl halides is 3. The zero-order chi connectivity index (χ0) is 25.3. The molecule has 186 valence electrons. The minimum atomic E-state index is -4.52. The van der Waals surface area contributed by atoms with Gasteiger partial charge in [0.25, 0.3) is 0 Å². The molecule has 1 atom stereocenters. The van der Waals surface area contributed by atoms with E-state index in [4.69, 9.17) is 4.74 Å². The molecule has 3 rings (SSSR count). The Labute approximate surface area is 198 Å². The Balaban J connectivity index is 1.89. The molecule has 7 nitrogen and oxygen atoms in total. The molecule has 0 aromatic carbocycles. The lowest BCUT2D eigenvalue weighted by Gasteiger charge is -2.37. The molecule has 0 aliphatic carbocycles. The SMILES string of the molecule is C=C/C=C(\C=C)CN1Cc2nc(C)nc(N3CCN(C(=O)OC(C)(C)C)CC3)c2C1C(F)(F)F. The maximum Gasteiger partial charge on any atom is 0.410 e. The van der Waals surface area contributed by atoms with Crippen LogP contribution in [0.5, 0.6) is 0 Å². The van der Waals surface area contributed by atoms with Crippen LogP contribution in [0.3, 0.4) is 0 Å². The Morgan fingerprint density at radius 2 is 1.79 bits per heavy atom. The van der Waals surface area contributed by atoms with Crippen LogP contribution in [0, 0.1) is 6.92 Å². The van der Waals surface area contributed by atoms with E-state index in [9.17, 15) is 18.0 Å². The molecule has 2 aliphatic heterocycles. The van der Waals surface area contributed by atoms with Gasteiger partial charge in [0, 0.05) is 44.8 Å². The fourth-order valence-corrected chi connectivity index (χ4v) is 4.25. The maximum absolute atomic E-state index is 14.4. The summed E-state index contributed by atoms with van der Waals surface area (Å²) in [5, 5.41) is 0. The van der Waals surface area contributed by atoms with Crippen molar-refractivity contribution < 1.29 is 22.7 Å². The van der Waals surface area contributed by atoms with Crippen molar-refractivity contribution in [2.75, 3.05) is 37.6 Å². The largest absolute Gasteiger partial charge is 0.444 e. The summed E-state index contributed by atoms with van der Waals surface area (Å²) in [4.78, 5) is 25.9. The summed E-state index contributed by atoms with van der Waals surface area (Å²) >= 11 is 0. The van der Waals surface area contributed by atoms with Gasteiger partial charge in [0.05, 0.1) is 5.69 Å². The number of allylic oxidation sites excluding steroid dienone is 2. The number of piperazine rings is 1. The fourth-order valence-electron chi connectivity index (χ4n) is 4.25. The number of hydrogen-bond acceptors (Lipinski definition) is 6. The first-order valence-electron chi connectivity index (χ1n) is 11.2. The van der Waals surface area contributed by atoms with E-state index in [0.29, 0.717) is 43.3 Å². The van der Waals surface area contributed by atoms with Crippen LogP contribution in [-0.4, -0.2) is 70.4 Å². The number of anilines is 1. The van der Waals surface area contributed by atoms with Gasteiger partial charge in [-0.05, 0) is 33.3 Å². The smallest absolute Gasteiger partial charge is 0.410 e. The van der Waals surface area contributed by atoms with Crippen molar-refractivity contribution in [1.29, 1.82) is 0 Å². The normalized spacial score (nSPS) is 19.7. The Morgan fingerprint density at radius 3 is 2.32 bits per heavy atom. The summed E-state index contributed by atoms with van der Waals surface area (Å²) in [6, 6.07) is -1.84. The van der Waals surface area contributed by atoms with Crippen LogP contribution in [0.15, 0.2) is 37.0 Å². The van der Waals surface area contributed by atoms with Gasteiger partial charge in [0.2, 0.25) is 0 Å². The Morgan fingerprint density at radius 1 is 1.15 bits per heavy atom. The number of aryl methyl sites for hydroxylation is 1. The summed E-state index contributed by atoms with van der Waals surface area (Å²) in [6.07, 6.45) is -0.232. The number of carbonyl (C=O) groups is 1. The van der Waals surface area contributed by atoms with E-state index < -0.39 is 23.9 Å². The van der Waals surface area contributed by atoms with Crippen LogP contribution in [0.4, 0.5) is 23.8 Å². The predicted octanol–water partition coefficient (Wildman–Crippen LogP) is 4.56. The summed E-state index contributed by atoms with van der Waals surface area (Å²) in [6.45, 7) is 15.8. The molecule has 10 heteroatoms. The molecular formula is C24H32F3N5O2. The van der Waals surface area contributed by atoms with Gasteiger partial charge in [-0.15, -0.1) is 0 Å². The second-order valence-electron chi connectivity index (χ2n) is 9.44. The van der Waals surface area contributed by atoms with Crippen LogP contribution >= 0.6 is 0 Å². The van der Waals surface area contributed by atoms with E-state index in [-0.39, 0.29) is 24.5 Å². The molecule has 34 heavy (non-hydrogen) atoms. The molecule has 1 aromatic rings. The second kappa shape index (κ2) is 9.77. The zero-order valence-corrected chi connectivity index (χ0v) is 20.2. The standard InChI is InChI=1S/C24H32F3N5O2/c1-7-9-17(8-2)14-32-15-18-19(20(32)24(25,26)27)21(29-16(3)28-18)30-10-12-31(13-11-30)22(33)34-23(4,5)6/h7-9,20H,1-2,10-15H2,3-6H3/b17-9+. The summed E-state index contributed by atoms with van der Waals surface area (Å²) in [5.41, 5.74) is 0.480. The monoisotopic (exact) mass is 479 g/mol. The Kier molecular flexibility index (Phi) is 7.40. The van der Waals surface area contributed by atoms with Gasteiger partial charge in [-0.25, -0.2) is 14.8 Å².